The zero-order chi connectivity index (χ0) is 22.1. The summed E-state index contributed by atoms with van der Waals surface area (Å²) in [4.78, 5) is 12.0. The van der Waals surface area contributed by atoms with E-state index in [-0.39, 0.29) is 18.9 Å². The van der Waals surface area contributed by atoms with Crippen molar-refractivity contribution in [3.8, 4) is 11.5 Å². The van der Waals surface area contributed by atoms with Crippen LogP contribution in [0.1, 0.15) is 12.8 Å². The summed E-state index contributed by atoms with van der Waals surface area (Å²) in [6.45, 7) is 0.758. The maximum Gasteiger partial charge on any atom is 0.232 e. The molecule has 0 heterocycles. The number of sulfonamides is 1. The van der Waals surface area contributed by atoms with E-state index in [1.54, 1.807) is 19.2 Å². The predicted molar refractivity (Wildman–Crippen MR) is 119 cm³/mol. The van der Waals surface area contributed by atoms with Gasteiger partial charge in [0.1, 0.15) is 18.1 Å². The van der Waals surface area contributed by atoms with Crippen LogP contribution in [0.15, 0.2) is 42.5 Å². The molecule has 0 aromatic heterocycles. The largest absolute Gasteiger partial charge is 0.497 e. The fourth-order valence-corrected chi connectivity index (χ4v) is 4.16. The van der Waals surface area contributed by atoms with Gasteiger partial charge in [-0.05, 0) is 36.8 Å². The number of halogens is 2. The normalized spacial score (nSPS) is 11.1. The molecule has 7 nitrogen and oxygen atoms in total. The van der Waals surface area contributed by atoms with Crippen LogP contribution in [0.3, 0.4) is 0 Å². The Labute approximate surface area is 186 Å². The first-order chi connectivity index (χ1) is 14.2. The SMILES string of the molecule is COc1cccc(OCCNC(=O)CCCN(c2cc(Cl)cc(Cl)c2)S(C)(=O)=O)c1. The van der Waals surface area contributed by atoms with E-state index in [0.717, 1.165) is 6.26 Å². The van der Waals surface area contributed by atoms with Crippen molar-refractivity contribution in [2.24, 2.45) is 0 Å². The lowest BCUT2D eigenvalue weighted by Crippen LogP contribution is -2.33. The van der Waals surface area contributed by atoms with Gasteiger partial charge in [-0.15, -0.1) is 0 Å². The highest BCUT2D eigenvalue weighted by Crippen LogP contribution is 2.27. The molecule has 0 saturated heterocycles. The molecule has 0 bridgehead atoms. The summed E-state index contributed by atoms with van der Waals surface area (Å²) in [6, 6.07) is 11.7. The van der Waals surface area contributed by atoms with E-state index in [4.69, 9.17) is 32.7 Å². The Morgan fingerprint density at radius 3 is 2.40 bits per heavy atom. The van der Waals surface area contributed by atoms with E-state index in [1.165, 1.54) is 22.5 Å². The number of ether oxygens (including phenoxy) is 2. The predicted octanol–water partition coefficient (Wildman–Crippen LogP) is 3.74. The van der Waals surface area contributed by atoms with Gasteiger partial charge >= 0.3 is 0 Å². The van der Waals surface area contributed by atoms with Gasteiger partial charge in [0.15, 0.2) is 0 Å². The molecule has 0 fully saturated rings. The zero-order valence-electron chi connectivity index (χ0n) is 16.7. The van der Waals surface area contributed by atoms with Crippen LogP contribution in [0.2, 0.25) is 10.0 Å². The summed E-state index contributed by atoms with van der Waals surface area (Å²) in [5.41, 5.74) is 0.363. The fraction of sp³-hybridized carbons (Fsp3) is 0.350. The summed E-state index contributed by atoms with van der Waals surface area (Å²) in [7, 11) is -1.98. The number of methoxy groups -OCH3 is 1. The molecule has 0 aliphatic rings. The molecule has 164 valence electrons. The van der Waals surface area contributed by atoms with Crippen molar-refractivity contribution >= 4 is 44.8 Å². The van der Waals surface area contributed by atoms with Crippen LogP contribution in [-0.2, 0) is 14.8 Å². The summed E-state index contributed by atoms with van der Waals surface area (Å²) in [5, 5.41) is 3.41. The Morgan fingerprint density at radius 1 is 1.10 bits per heavy atom. The lowest BCUT2D eigenvalue weighted by Gasteiger charge is -2.22. The van der Waals surface area contributed by atoms with Gasteiger partial charge in [-0.3, -0.25) is 9.10 Å². The first-order valence-electron chi connectivity index (χ1n) is 9.16. The molecule has 0 spiro atoms. The summed E-state index contributed by atoms with van der Waals surface area (Å²) >= 11 is 11.9. The number of nitrogens with zero attached hydrogens (tertiary/aromatic N) is 1. The van der Waals surface area contributed by atoms with Crippen molar-refractivity contribution in [2.75, 3.05) is 37.4 Å². The quantitative estimate of drug-likeness (QED) is 0.501. The molecule has 0 atom stereocenters. The van der Waals surface area contributed by atoms with E-state index in [9.17, 15) is 13.2 Å². The number of hydrogen-bond acceptors (Lipinski definition) is 5. The van der Waals surface area contributed by atoms with Crippen LogP contribution in [0, 0.1) is 0 Å². The molecule has 0 aliphatic heterocycles. The molecule has 10 heteroatoms. The Bertz CT molecular complexity index is 949. The van der Waals surface area contributed by atoms with Crippen LogP contribution in [0.25, 0.3) is 0 Å². The van der Waals surface area contributed by atoms with Crippen LogP contribution < -0.4 is 19.1 Å². The van der Waals surface area contributed by atoms with E-state index in [2.05, 4.69) is 5.32 Å². The van der Waals surface area contributed by atoms with Gasteiger partial charge in [0.05, 0.1) is 25.6 Å². The molecule has 0 unspecified atom stereocenters. The monoisotopic (exact) mass is 474 g/mol. The second kappa shape index (κ2) is 11.3. The van der Waals surface area contributed by atoms with E-state index < -0.39 is 10.0 Å². The van der Waals surface area contributed by atoms with Crippen molar-refractivity contribution < 1.29 is 22.7 Å². The van der Waals surface area contributed by atoms with Crippen LogP contribution in [-0.4, -0.2) is 47.4 Å². The second-order valence-corrected chi connectivity index (χ2v) is 9.22. The average molecular weight is 475 g/mol. The molecular weight excluding hydrogens is 451 g/mol. The molecule has 2 rings (SSSR count). The number of hydrogen-bond donors (Lipinski definition) is 1. The van der Waals surface area contributed by atoms with Crippen molar-refractivity contribution in [2.45, 2.75) is 12.8 Å². The minimum Gasteiger partial charge on any atom is -0.497 e. The van der Waals surface area contributed by atoms with Crippen molar-refractivity contribution in [1.82, 2.24) is 5.32 Å². The molecule has 0 saturated carbocycles. The van der Waals surface area contributed by atoms with Gasteiger partial charge in [-0.25, -0.2) is 8.42 Å². The first-order valence-corrected chi connectivity index (χ1v) is 11.8. The molecule has 1 N–H and O–H groups in total. The number of amides is 1. The van der Waals surface area contributed by atoms with Gasteiger partial charge in [0.2, 0.25) is 15.9 Å². The third kappa shape index (κ3) is 7.93. The third-order valence-corrected chi connectivity index (χ3v) is 5.67. The Balaban J connectivity index is 1.78. The number of rotatable bonds is 11. The Morgan fingerprint density at radius 2 is 1.77 bits per heavy atom. The number of nitrogens with one attached hydrogen (secondary N) is 1. The number of carbonyl (C=O) groups is 1. The van der Waals surface area contributed by atoms with Crippen molar-refractivity contribution in [1.29, 1.82) is 0 Å². The number of carbonyl (C=O) groups excluding carboxylic acids is 1. The molecule has 30 heavy (non-hydrogen) atoms. The molecule has 0 aliphatic carbocycles. The summed E-state index contributed by atoms with van der Waals surface area (Å²) in [6.07, 6.45) is 1.59. The number of anilines is 1. The molecule has 2 aromatic rings. The maximum atomic E-state index is 12.1. The summed E-state index contributed by atoms with van der Waals surface area (Å²) in [5.74, 6) is 1.14. The van der Waals surface area contributed by atoms with Crippen molar-refractivity contribution in [3.05, 3.63) is 52.5 Å². The van der Waals surface area contributed by atoms with Crippen LogP contribution in [0.4, 0.5) is 5.69 Å². The highest BCUT2D eigenvalue weighted by molar-refractivity contribution is 7.92. The van der Waals surface area contributed by atoms with Gasteiger partial charge in [-0.2, -0.15) is 0 Å². The topological polar surface area (TPSA) is 84.9 Å². The average Bonchev–Trinajstić information content (AvgIpc) is 2.67. The molecule has 2 aromatic carbocycles. The van der Waals surface area contributed by atoms with E-state index in [1.807, 2.05) is 12.1 Å². The first kappa shape index (κ1) is 24.1. The van der Waals surface area contributed by atoms with E-state index >= 15 is 0 Å². The van der Waals surface area contributed by atoms with E-state index in [0.29, 0.717) is 46.8 Å². The Kier molecular flexibility index (Phi) is 9.08. The molecular formula is C20H24Cl2N2O5S. The molecule has 1 amide bonds. The smallest absolute Gasteiger partial charge is 0.232 e. The number of benzene rings is 2. The Hall–Kier alpha value is -2.16. The zero-order valence-corrected chi connectivity index (χ0v) is 19.1. The third-order valence-electron chi connectivity index (χ3n) is 4.03. The standard InChI is InChI=1S/C20H24Cl2N2O5S/c1-28-18-5-3-6-19(14-18)29-10-8-23-20(25)7-4-9-24(30(2,26)27)17-12-15(21)11-16(22)13-17/h3,5-6,11-14H,4,7-10H2,1-2H3,(H,23,25). The fourth-order valence-electron chi connectivity index (χ4n) is 2.69. The van der Waals surface area contributed by atoms with Gasteiger partial charge in [0, 0.05) is 29.1 Å². The van der Waals surface area contributed by atoms with Gasteiger partial charge in [0.25, 0.3) is 0 Å². The highest BCUT2D eigenvalue weighted by Gasteiger charge is 2.18. The minimum absolute atomic E-state index is 0.128. The summed E-state index contributed by atoms with van der Waals surface area (Å²) < 4.78 is 36.1. The molecule has 0 radical (unpaired) electrons. The minimum atomic E-state index is -3.55. The second-order valence-electron chi connectivity index (χ2n) is 6.44. The van der Waals surface area contributed by atoms with Crippen LogP contribution in [0.5, 0.6) is 11.5 Å². The van der Waals surface area contributed by atoms with Crippen LogP contribution >= 0.6 is 23.2 Å². The highest BCUT2D eigenvalue weighted by atomic mass is 35.5. The van der Waals surface area contributed by atoms with Crippen molar-refractivity contribution in [3.63, 3.8) is 0 Å². The maximum absolute atomic E-state index is 12.1. The lowest BCUT2D eigenvalue weighted by atomic mass is 10.2. The van der Waals surface area contributed by atoms with Gasteiger partial charge < -0.3 is 14.8 Å². The lowest BCUT2D eigenvalue weighted by molar-refractivity contribution is -0.121. The van der Waals surface area contributed by atoms with Gasteiger partial charge in [-0.1, -0.05) is 29.3 Å².